The van der Waals surface area contributed by atoms with Crippen molar-refractivity contribution in [1.82, 2.24) is 9.88 Å². The van der Waals surface area contributed by atoms with Crippen LogP contribution in [0.25, 0.3) is 6.08 Å². The number of fused-ring (bicyclic) bond motifs is 6. The zero-order chi connectivity index (χ0) is 22.0. The molecule has 4 aliphatic carbocycles. The third-order valence-corrected chi connectivity index (χ3v) is 13.3. The van der Waals surface area contributed by atoms with Gasteiger partial charge in [-0.1, -0.05) is 112 Å². The summed E-state index contributed by atoms with van der Waals surface area (Å²) in [4.78, 5) is 0. The highest BCUT2D eigenvalue weighted by Gasteiger charge is 2.59. The Labute approximate surface area is 194 Å². The molecule has 1 heterocycles. The summed E-state index contributed by atoms with van der Waals surface area (Å²) in [6.45, 7) is 10.1. The van der Waals surface area contributed by atoms with Crippen LogP contribution < -0.4 is 5.32 Å². The molecule has 1 aliphatic heterocycles. The molecule has 2 fully saturated rings. The van der Waals surface area contributed by atoms with Gasteiger partial charge in [0.15, 0.2) is 0 Å². The van der Waals surface area contributed by atoms with E-state index in [0.717, 1.165) is 0 Å². The van der Waals surface area contributed by atoms with Crippen LogP contribution in [0.15, 0.2) is 78.9 Å². The van der Waals surface area contributed by atoms with Crippen molar-refractivity contribution in [2.45, 2.75) is 50.7 Å². The Bertz CT molecular complexity index is 1010. The Morgan fingerprint density at radius 3 is 2.03 bits per heavy atom. The number of rotatable bonds is 3. The van der Waals surface area contributed by atoms with Crippen molar-refractivity contribution in [2.75, 3.05) is 0 Å². The van der Waals surface area contributed by atoms with Crippen molar-refractivity contribution in [3.8, 4) is 0 Å². The van der Waals surface area contributed by atoms with E-state index in [9.17, 15) is 0 Å². The van der Waals surface area contributed by atoms with Crippen molar-refractivity contribution < 1.29 is 0 Å². The van der Waals surface area contributed by atoms with Crippen molar-refractivity contribution in [3.05, 3.63) is 90.1 Å². The van der Waals surface area contributed by atoms with Crippen LogP contribution in [0.4, 0.5) is 0 Å². The molecule has 5 unspecified atom stereocenters. The second-order valence-corrected chi connectivity index (χ2v) is 15.7. The molecule has 0 radical (unpaired) electrons. The molecule has 166 valence electrons. The molecule has 32 heavy (non-hydrogen) atoms. The Morgan fingerprint density at radius 1 is 0.812 bits per heavy atom. The van der Waals surface area contributed by atoms with Crippen LogP contribution in [0.2, 0.25) is 18.6 Å². The van der Waals surface area contributed by atoms with E-state index >= 15 is 0 Å². The Balaban J connectivity index is 1.43. The molecular weight excluding hydrogens is 404 g/mol. The van der Waals surface area contributed by atoms with Crippen LogP contribution in [0, 0.1) is 29.6 Å². The number of nitrogens with one attached hydrogen (secondary N) is 1. The second kappa shape index (κ2) is 7.55. The maximum Gasteiger partial charge on any atom is 0.129 e. The first kappa shape index (κ1) is 20.6. The van der Waals surface area contributed by atoms with Crippen LogP contribution in [0.3, 0.4) is 0 Å². The Kier molecular flexibility index (Phi) is 4.87. The van der Waals surface area contributed by atoms with Gasteiger partial charge < -0.3 is 4.57 Å². The average molecular weight is 441 g/mol. The molecule has 7 atom stereocenters. The van der Waals surface area contributed by atoms with Crippen molar-refractivity contribution in [2.24, 2.45) is 29.6 Å². The molecular formula is C29H36N2Si. The molecule has 1 saturated carbocycles. The van der Waals surface area contributed by atoms with Gasteiger partial charge in [-0.15, -0.1) is 0 Å². The van der Waals surface area contributed by atoms with Gasteiger partial charge in [0, 0.05) is 6.04 Å². The largest absolute Gasteiger partial charge is 0.301 e. The smallest absolute Gasteiger partial charge is 0.129 e. The Hall–Kier alpha value is -1.94. The summed E-state index contributed by atoms with van der Waals surface area (Å²) < 4.78 is 3.00. The topological polar surface area (TPSA) is 15.3 Å². The van der Waals surface area contributed by atoms with Crippen LogP contribution in [-0.4, -0.2) is 25.0 Å². The summed E-state index contributed by atoms with van der Waals surface area (Å²) in [5.41, 5.74) is 3.57. The summed E-state index contributed by atoms with van der Waals surface area (Å²) in [7, 11) is -1.86. The van der Waals surface area contributed by atoms with Crippen LogP contribution >= 0.6 is 0 Å². The standard InChI is InChI=1S/C29H36N2Si/c1-19(2)29-30-27-21-12-6-5-11-20(21)17-18-26(27)31(29)32(3,4)28-24-15-9-7-13-22(24)23-14-8-10-16-25(23)28/h5-19,22-30H,1-4H3/t22?,23?,24?,25?,26-,27?,28?,29+/m1/s1. The van der Waals surface area contributed by atoms with Gasteiger partial charge in [0.25, 0.3) is 0 Å². The molecule has 3 heteroatoms. The minimum atomic E-state index is -1.86. The van der Waals surface area contributed by atoms with Crippen molar-refractivity contribution in [3.63, 3.8) is 0 Å². The lowest BCUT2D eigenvalue weighted by molar-refractivity contribution is 0.258. The van der Waals surface area contributed by atoms with Crippen LogP contribution in [0.5, 0.6) is 0 Å². The second-order valence-electron chi connectivity index (χ2n) is 11.2. The van der Waals surface area contributed by atoms with Gasteiger partial charge >= 0.3 is 0 Å². The normalized spacial score (nSPS) is 39.3. The van der Waals surface area contributed by atoms with Crippen LogP contribution in [0.1, 0.15) is 31.0 Å². The van der Waals surface area contributed by atoms with Gasteiger partial charge in [-0.25, -0.2) is 0 Å². The van der Waals surface area contributed by atoms with Crippen LogP contribution in [-0.2, 0) is 0 Å². The molecule has 1 aromatic carbocycles. The van der Waals surface area contributed by atoms with E-state index in [1.165, 1.54) is 11.1 Å². The third-order valence-electron chi connectivity index (χ3n) is 8.95. The molecule has 0 aromatic heterocycles. The highest BCUT2D eigenvalue weighted by molar-refractivity contribution is 6.76. The average Bonchev–Trinajstić information content (AvgIpc) is 3.37. The fourth-order valence-electron chi connectivity index (χ4n) is 7.73. The van der Waals surface area contributed by atoms with Gasteiger partial charge in [0.05, 0.1) is 12.2 Å². The highest BCUT2D eigenvalue weighted by atomic mass is 28.3. The van der Waals surface area contributed by atoms with Crippen molar-refractivity contribution in [1.29, 1.82) is 0 Å². The summed E-state index contributed by atoms with van der Waals surface area (Å²) >= 11 is 0. The third kappa shape index (κ3) is 2.91. The molecule has 5 aliphatic rings. The van der Waals surface area contributed by atoms with Gasteiger partial charge in [0.2, 0.25) is 0 Å². The van der Waals surface area contributed by atoms with E-state index in [2.05, 4.69) is 122 Å². The first-order valence-electron chi connectivity index (χ1n) is 12.5. The maximum atomic E-state index is 4.12. The SMILES string of the molecule is CC(C)[C@H]1NC2c3ccccc3C=C[C@H]2N1[Si](C)(C)C1C2C=CC=CC2C2C=CC=CC21. The molecule has 1 N–H and O–H groups in total. The molecule has 0 amide bonds. The quantitative estimate of drug-likeness (QED) is 0.554. The van der Waals surface area contributed by atoms with E-state index in [-0.39, 0.29) is 0 Å². The predicted octanol–water partition coefficient (Wildman–Crippen LogP) is 6.32. The Morgan fingerprint density at radius 2 is 1.41 bits per heavy atom. The summed E-state index contributed by atoms with van der Waals surface area (Å²) in [6, 6.07) is 9.82. The molecule has 6 rings (SSSR count). The van der Waals surface area contributed by atoms with Gasteiger partial charge in [0.1, 0.15) is 8.24 Å². The first-order chi connectivity index (χ1) is 15.5. The minimum absolute atomic E-state index is 0.395. The zero-order valence-electron chi connectivity index (χ0n) is 19.7. The lowest BCUT2D eigenvalue weighted by Gasteiger charge is -2.49. The fraction of sp³-hybridized carbons (Fsp3) is 0.448. The van der Waals surface area contributed by atoms with Gasteiger partial charge in [-0.05, 0) is 46.3 Å². The zero-order valence-corrected chi connectivity index (χ0v) is 20.7. The minimum Gasteiger partial charge on any atom is -0.301 e. The monoisotopic (exact) mass is 440 g/mol. The predicted molar refractivity (Wildman–Crippen MR) is 137 cm³/mol. The fourth-order valence-corrected chi connectivity index (χ4v) is 12.7. The van der Waals surface area contributed by atoms with E-state index in [4.69, 9.17) is 0 Å². The first-order valence-corrected chi connectivity index (χ1v) is 15.5. The summed E-state index contributed by atoms with van der Waals surface area (Å²) in [6.07, 6.45) is 24.6. The molecule has 0 spiro atoms. The highest BCUT2D eigenvalue weighted by Crippen LogP contribution is 2.59. The molecule has 1 saturated heterocycles. The number of hydrogen-bond donors (Lipinski definition) is 1. The molecule has 0 bridgehead atoms. The number of benzene rings is 1. The van der Waals surface area contributed by atoms with Gasteiger partial charge in [-0.3, -0.25) is 5.32 Å². The lowest BCUT2D eigenvalue weighted by Crippen LogP contribution is -2.61. The van der Waals surface area contributed by atoms with E-state index in [1.54, 1.807) is 0 Å². The number of nitrogens with zero attached hydrogens (tertiary/aromatic N) is 1. The van der Waals surface area contributed by atoms with Crippen molar-refractivity contribution >= 4 is 14.3 Å². The number of hydrogen-bond acceptors (Lipinski definition) is 2. The van der Waals surface area contributed by atoms with E-state index < -0.39 is 8.24 Å². The molecule has 1 aromatic rings. The number of allylic oxidation sites excluding steroid dienone is 8. The maximum absolute atomic E-state index is 4.12. The summed E-state index contributed by atoms with van der Waals surface area (Å²) in [5, 5.41) is 4.12. The lowest BCUT2D eigenvalue weighted by atomic mass is 9.83. The van der Waals surface area contributed by atoms with E-state index in [1.807, 2.05) is 0 Å². The summed E-state index contributed by atoms with van der Waals surface area (Å²) in [5.74, 6) is 3.17. The molecule has 2 nitrogen and oxygen atoms in total. The van der Waals surface area contributed by atoms with E-state index in [0.29, 0.717) is 53.4 Å². The van der Waals surface area contributed by atoms with Gasteiger partial charge in [-0.2, -0.15) is 0 Å².